The van der Waals surface area contributed by atoms with Crippen LogP contribution in [0.25, 0.3) is 11.5 Å². The van der Waals surface area contributed by atoms with Crippen LogP contribution in [0.1, 0.15) is 72.6 Å². The second kappa shape index (κ2) is 20.3. The van der Waals surface area contributed by atoms with Crippen LogP contribution in [0.15, 0.2) is 89.6 Å². The summed E-state index contributed by atoms with van der Waals surface area (Å²) in [5.74, 6) is -0.936. The Kier molecular flexibility index (Phi) is 14.7. The van der Waals surface area contributed by atoms with E-state index in [1.807, 2.05) is 28.0 Å². The molecule has 2 fully saturated rings. The van der Waals surface area contributed by atoms with Gasteiger partial charge in [-0.2, -0.15) is 8.78 Å². The van der Waals surface area contributed by atoms with Crippen LogP contribution in [-0.2, 0) is 13.1 Å². The molecule has 5 heterocycles. The highest BCUT2D eigenvalue weighted by Gasteiger charge is 2.26. The number of urea groups is 2. The summed E-state index contributed by atoms with van der Waals surface area (Å²) in [7, 11) is 0. The molecule has 13 nitrogen and oxygen atoms in total. The van der Waals surface area contributed by atoms with Gasteiger partial charge in [0.25, 0.3) is 5.89 Å². The molecule has 0 unspecified atom stereocenters. The first-order valence-electron chi connectivity index (χ1n) is 19.0. The zero-order valence-corrected chi connectivity index (χ0v) is 33.2. The van der Waals surface area contributed by atoms with E-state index in [-0.39, 0.29) is 36.8 Å². The number of hydrogen-bond donors (Lipinski definition) is 1. The summed E-state index contributed by atoms with van der Waals surface area (Å²) >= 11 is 12.3. The molecule has 7 rings (SSSR count). The number of ketones is 1. The third-order valence-electron chi connectivity index (χ3n) is 9.63. The van der Waals surface area contributed by atoms with Gasteiger partial charge in [-0.25, -0.2) is 9.59 Å². The summed E-state index contributed by atoms with van der Waals surface area (Å²) < 4.78 is 30.3. The van der Waals surface area contributed by atoms with Gasteiger partial charge >= 0.3 is 18.5 Å². The SMILES string of the molecule is NCC(=O)c1ccc(CN(C(=O)N2CCCCC2)c2cccc(Cl)c2)nc1.O=C(N1CCCCC1)N(Cc1ccc(-c2nnc(C(F)F)o2)cn1)c1cccc(Cl)c1. The largest absolute Gasteiger partial charge is 0.415 e. The Morgan fingerprint density at radius 1 is 0.707 bits per heavy atom. The van der Waals surface area contributed by atoms with Crippen molar-refractivity contribution in [1.29, 1.82) is 0 Å². The van der Waals surface area contributed by atoms with Gasteiger partial charge in [-0.1, -0.05) is 35.3 Å². The van der Waals surface area contributed by atoms with E-state index in [0.717, 1.165) is 57.3 Å². The van der Waals surface area contributed by atoms with Crippen LogP contribution in [0.3, 0.4) is 0 Å². The van der Waals surface area contributed by atoms with Crippen molar-refractivity contribution in [2.24, 2.45) is 5.73 Å². The molecule has 2 aliphatic heterocycles. The number of piperidine rings is 2. The summed E-state index contributed by atoms with van der Waals surface area (Å²) in [4.78, 5) is 53.8. The van der Waals surface area contributed by atoms with Gasteiger partial charge in [0.05, 0.1) is 36.6 Å². The van der Waals surface area contributed by atoms with E-state index >= 15 is 0 Å². The van der Waals surface area contributed by atoms with Gasteiger partial charge < -0.3 is 20.0 Å². The minimum Gasteiger partial charge on any atom is -0.415 e. The van der Waals surface area contributed by atoms with E-state index < -0.39 is 12.3 Å². The molecule has 2 N–H and O–H groups in total. The van der Waals surface area contributed by atoms with Crippen molar-refractivity contribution in [2.75, 3.05) is 42.5 Å². The molecule has 304 valence electrons. The van der Waals surface area contributed by atoms with E-state index in [1.165, 1.54) is 12.4 Å². The highest BCUT2D eigenvalue weighted by molar-refractivity contribution is 6.31. The zero-order valence-electron chi connectivity index (χ0n) is 31.7. The highest BCUT2D eigenvalue weighted by atomic mass is 35.5. The van der Waals surface area contributed by atoms with Gasteiger partial charge in [0, 0.05) is 65.6 Å². The normalized spacial score (nSPS) is 14.1. The molecule has 2 aromatic carbocycles. The fourth-order valence-corrected chi connectivity index (χ4v) is 6.92. The van der Waals surface area contributed by atoms with Crippen LogP contribution in [0, 0.1) is 0 Å². The Morgan fingerprint density at radius 2 is 1.22 bits per heavy atom. The molecule has 0 atom stereocenters. The Hall–Kier alpha value is -5.51. The Labute approximate surface area is 344 Å². The third-order valence-corrected chi connectivity index (χ3v) is 10.1. The zero-order chi connectivity index (χ0) is 41.0. The van der Waals surface area contributed by atoms with Crippen molar-refractivity contribution in [3.05, 3.63) is 118 Å². The van der Waals surface area contributed by atoms with Crippen molar-refractivity contribution < 1.29 is 27.6 Å². The van der Waals surface area contributed by atoms with E-state index in [4.69, 9.17) is 33.4 Å². The fraction of sp³-hybridized carbons (Fsp3) is 0.341. The van der Waals surface area contributed by atoms with Gasteiger partial charge in [-0.15, -0.1) is 10.2 Å². The number of Topliss-reactive ketones (excluding diaryl/α,β-unsaturated/α-hetero) is 1. The van der Waals surface area contributed by atoms with E-state index in [9.17, 15) is 23.2 Å². The number of alkyl halides is 2. The quantitative estimate of drug-likeness (QED) is 0.136. The minimum atomic E-state index is -2.83. The maximum Gasteiger partial charge on any atom is 0.324 e. The van der Waals surface area contributed by atoms with Gasteiger partial charge in [0.2, 0.25) is 5.89 Å². The number of benzene rings is 2. The highest BCUT2D eigenvalue weighted by Crippen LogP contribution is 2.27. The molecule has 0 saturated carbocycles. The first kappa shape index (κ1) is 42.1. The lowest BCUT2D eigenvalue weighted by molar-refractivity contribution is 0.100. The molecule has 0 radical (unpaired) electrons. The number of halogens is 4. The summed E-state index contributed by atoms with van der Waals surface area (Å²) in [6.45, 7) is 3.41. The van der Waals surface area contributed by atoms with Crippen LogP contribution in [0.2, 0.25) is 10.0 Å². The number of nitrogens with zero attached hydrogens (tertiary/aromatic N) is 8. The molecular weight excluding hydrogens is 791 g/mol. The molecule has 2 saturated heterocycles. The average Bonchev–Trinajstić information content (AvgIpc) is 3.76. The minimum absolute atomic E-state index is 0.0366. The number of nitrogens with two attached hydrogens (primary N) is 1. The lowest BCUT2D eigenvalue weighted by Crippen LogP contribution is -2.45. The smallest absolute Gasteiger partial charge is 0.324 e. The van der Waals surface area contributed by atoms with Crippen molar-refractivity contribution in [2.45, 2.75) is 58.0 Å². The maximum atomic E-state index is 13.2. The number of anilines is 2. The molecule has 0 aliphatic carbocycles. The second-order valence-electron chi connectivity index (χ2n) is 13.7. The maximum absolute atomic E-state index is 13.2. The number of carbonyl (C=O) groups excluding carboxylic acids is 3. The number of pyridine rings is 2. The first-order chi connectivity index (χ1) is 28.1. The van der Waals surface area contributed by atoms with Crippen molar-refractivity contribution in [3.63, 3.8) is 0 Å². The summed E-state index contributed by atoms with van der Waals surface area (Å²) in [6, 6.07) is 21.0. The molecular formula is C41H43Cl2F2N9O4. The average molecular weight is 835 g/mol. The van der Waals surface area contributed by atoms with Crippen molar-refractivity contribution >= 4 is 52.4 Å². The first-order valence-corrected chi connectivity index (χ1v) is 19.7. The van der Waals surface area contributed by atoms with Gasteiger partial charge in [0.1, 0.15) is 0 Å². The van der Waals surface area contributed by atoms with Crippen LogP contribution in [0.5, 0.6) is 0 Å². The topological polar surface area (TPSA) is 155 Å². The molecule has 5 aromatic rings. The number of carbonyl (C=O) groups is 3. The van der Waals surface area contributed by atoms with E-state index in [0.29, 0.717) is 57.9 Å². The molecule has 3 aromatic heterocycles. The third kappa shape index (κ3) is 11.1. The van der Waals surface area contributed by atoms with Crippen LogP contribution in [-0.4, -0.2) is 80.5 Å². The van der Waals surface area contributed by atoms with Gasteiger partial charge in [0.15, 0.2) is 5.78 Å². The number of likely N-dealkylation sites (tertiary alicyclic amines) is 2. The Bertz CT molecular complexity index is 2150. The van der Waals surface area contributed by atoms with Crippen LogP contribution < -0.4 is 15.5 Å². The molecule has 0 spiro atoms. The Balaban J connectivity index is 0.000000198. The fourth-order valence-electron chi connectivity index (χ4n) is 6.55. The lowest BCUT2D eigenvalue weighted by Gasteiger charge is -2.33. The van der Waals surface area contributed by atoms with Crippen LogP contribution >= 0.6 is 23.2 Å². The van der Waals surface area contributed by atoms with Crippen molar-refractivity contribution in [1.82, 2.24) is 30.0 Å². The van der Waals surface area contributed by atoms with E-state index in [1.54, 1.807) is 64.4 Å². The Morgan fingerprint density at radius 3 is 1.64 bits per heavy atom. The summed E-state index contributed by atoms with van der Waals surface area (Å²) in [6.07, 6.45) is 6.39. The number of rotatable bonds is 10. The van der Waals surface area contributed by atoms with E-state index in [2.05, 4.69) is 20.2 Å². The number of hydrogen-bond acceptors (Lipinski definition) is 9. The number of amides is 4. The molecule has 2 aliphatic rings. The molecule has 0 bridgehead atoms. The summed E-state index contributed by atoms with van der Waals surface area (Å²) in [5.41, 5.74) is 8.97. The molecule has 4 amide bonds. The molecule has 58 heavy (non-hydrogen) atoms. The molecule has 17 heteroatoms. The van der Waals surface area contributed by atoms with Crippen LogP contribution in [0.4, 0.5) is 29.7 Å². The second-order valence-corrected chi connectivity index (χ2v) is 14.6. The lowest BCUT2D eigenvalue weighted by atomic mass is 10.1. The van der Waals surface area contributed by atoms with Gasteiger partial charge in [-0.3, -0.25) is 24.6 Å². The number of aromatic nitrogens is 4. The summed E-state index contributed by atoms with van der Waals surface area (Å²) in [5, 5.41) is 8.04. The predicted molar refractivity (Wildman–Crippen MR) is 217 cm³/mol. The predicted octanol–water partition coefficient (Wildman–Crippen LogP) is 8.82. The standard InChI is InChI=1S/C21H20ClF2N5O2.C20H23ClN4O2/c22-15-5-4-6-17(11-15)29(21(30)28-9-2-1-3-10-28)13-16-8-7-14(12-25-16)19-26-27-20(31-19)18(23)24;21-16-5-4-6-18(11-16)25(20(27)24-9-2-1-3-10-24)14-17-8-7-15(13-23-17)19(26)12-22/h4-8,11-12,18H,1-3,9-10,13H2;4-8,11,13H,1-3,9-10,12,14,22H2. The van der Waals surface area contributed by atoms with Gasteiger partial charge in [-0.05, 0) is 99.2 Å². The van der Waals surface area contributed by atoms with Crippen molar-refractivity contribution in [3.8, 4) is 11.5 Å². The monoisotopic (exact) mass is 833 g/mol.